The van der Waals surface area contributed by atoms with Gasteiger partial charge in [-0.1, -0.05) is 32.0 Å². The smallest absolute Gasteiger partial charge is 0.428 e. The molecule has 0 saturated carbocycles. The second-order valence-electron chi connectivity index (χ2n) is 11.1. The van der Waals surface area contributed by atoms with E-state index in [9.17, 15) is 27.2 Å². The number of aromatic nitrogens is 1. The Labute approximate surface area is 217 Å². The first-order valence-electron chi connectivity index (χ1n) is 12.0. The third kappa shape index (κ3) is 4.72. The fourth-order valence-electron chi connectivity index (χ4n) is 5.11. The molecule has 0 bridgehead atoms. The Kier molecular flexibility index (Phi) is 6.53. The maximum atomic E-state index is 14.9. The number of fused-ring (bicyclic) bond motifs is 3. The number of esters is 1. The summed E-state index contributed by atoms with van der Waals surface area (Å²) < 4.78 is 76.0. The van der Waals surface area contributed by atoms with Crippen molar-refractivity contribution < 1.29 is 41.4 Å². The molecule has 38 heavy (non-hydrogen) atoms. The van der Waals surface area contributed by atoms with Gasteiger partial charge in [-0.2, -0.15) is 13.2 Å². The zero-order chi connectivity index (χ0) is 28.3. The first-order chi connectivity index (χ1) is 17.5. The predicted octanol–water partition coefficient (Wildman–Crippen LogP) is 6.95. The average Bonchev–Trinajstić information content (AvgIpc) is 3.11. The van der Waals surface area contributed by atoms with E-state index in [1.54, 1.807) is 39.0 Å². The number of benzene rings is 2. The largest absolute Gasteiger partial charge is 0.496 e. The Hall–Kier alpha value is -3.56. The molecular weight excluding hydrogens is 506 g/mol. The van der Waals surface area contributed by atoms with Crippen molar-refractivity contribution in [2.45, 2.75) is 70.3 Å². The van der Waals surface area contributed by atoms with Crippen molar-refractivity contribution in [2.24, 2.45) is 0 Å². The summed E-state index contributed by atoms with van der Waals surface area (Å²) >= 11 is 0. The number of ether oxygens (including phenoxy) is 3. The maximum Gasteiger partial charge on any atom is 0.428 e. The SMILES string of the molecule is COc1ccc(F)cc1C(C)(C)C[C@]1(C(F)(F)F)Cc2c(c3ccccc3n2C(=O)OC(C)(C)C)C(=O)O1. The number of cyclic esters (lactones) is 1. The van der Waals surface area contributed by atoms with E-state index in [0.29, 0.717) is 0 Å². The molecule has 6 nitrogen and oxygen atoms in total. The highest BCUT2D eigenvalue weighted by atomic mass is 19.4. The summed E-state index contributed by atoms with van der Waals surface area (Å²) in [7, 11) is 1.33. The topological polar surface area (TPSA) is 66.8 Å². The lowest BCUT2D eigenvalue weighted by Gasteiger charge is -2.43. The van der Waals surface area contributed by atoms with Crippen molar-refractivity contribution in [1.82, 2.24) is 4.57 Å². The molecule has 0 unspecified atom stereocenters. The molecule has 1 atom stereocenters. The lowest BCUT2D eigenvalue weighted by Crippen LogP contribution is -2.56. The monoisotopic (exact) mass is 535 g/mol. The standard InChI is InChI=1S/C28H29F4NO5/c1-25(2,3)38-24(35)33-19-10-8-7-9-17(19)22-20(33)14-27(28(30,31)32,37-23(22)34)15-26(4,5)18-13-16(29)11-12-21(18)36-6/h7-13H,14-15H2,1-6H3/t27-/m0/s1. The molecule has 0 spiro atoms. The van der Waals surface area contributed by atoms with Gasteiger partial charge in [0, 0.05) is 29.5 Å². The molecule has 4 rings (SSSR count). The molecule has 1 aromatic heterocycles. The summed E-state index contributed by atoms with van der Waals surface area (Å²) in [5.41, 5.74) is -5.20. The van der Waals surface area contributed by atoms with Crippen LogP contribution in [0.5, 0.6) is 5.75 Å². The zero-order valence-corrected chi connectivity index (χ0v) is 22.0. The van der Waals surface area contributed by atoms with E-state index in [2.05, 4.69) is 0 Å². The highest BCUT2D eigenvalue weighted by molar-refractivity contribution is 6.09. The van der Waals surface area contributed by atoms with Gasteiger partial charge in [0.25, 0.3) is 0 Å². The maximum absolute atomic E-state index is 14.9. The minimum absolute atomic E-state index is 0.118. The van der Waals surface area contributed by atoms with Crippen LogP contribution in [0.25, 0.3) is 10.9 Å². The van der Waals surface area contributed by atoms with Gasteiger partial charge < -0.3 is 14.2 Å². The number of carbonyl (C=O) groups is 2. The Balaban J connectivity index is 1.91. The van der Waals surface area contributed by atoms with Gasteiger partial charge in [-0.3, -0.25) is 0 Å². The van der Waals surface area contributed by atoms with Gasteiger partial charge in [0.05, 0.1) is 18.2 Å². The van der Waals surface area contributed by atoms with Crippen molar-refractivity contribution in [3.63, 3.8) is 0 Å². The molecular formula is C28H29F4NO5. The molecule has 2 heterocycles. The van der Waals surface area contributed by atoms with Crippen LogP contribution in [-0.2, 0) is 21.3 Å². The Morgan fingerprint density at radius 3 is 2.34 bits per heavy atom. The summed E-state index contributed by atoms with van der Waals surface area (Å²) in [5.74, 6) is -1.66. The Morgan fingerprint density at radius 1 is 1.08 bits per heavy atom. The molecule has 3 aromatic rings. The normalized spacial score (nSPS) is 18.2. The van der Waals surface area contributed by atoms with Crippen LogP contribution in [0.2, 0.25) is 0 Å². The van der Waals surface area contributed by atoms with E-state index in [4.69, 9.17) is 14.2 Å². The van der Waals surface area contributed by atoms with Crippen molar-refractivity contribution in [3.8, 4) is 5.75 Å². The van der Waals surface area contributed by atoms with Gasteiger partial charge in [0.2, 0.25) is 5.60 Å². The number of para-hydroxylation sites is 1. The van der Waals surface area contributed by atoms with Crippen LogP contribution in [0.1, 0.15) is 62.7 Å². The zero-order valence-electron chi connectivity index (χ0n) is 22.0. The average molecular weight is 536 g/mol. The third-order valence-corrected chi connectivity index (χ3v) is 6.63. The number of methoxy groups -OCH3 is 1. The molecule has 2 aromatic carbocycles. The second kappa shape index (κ2) is 9.03. The van der Waals surface area contributed by atoms with Crippen molar-refractivity contribution in [2.75, 3.05) is 7.11 Å². The lowest BCUT2D eigenvalue weighted by atomic mass is 9.72. The van der Waals surface area contributed by atoms with E-state index in [1.807, 2.05) is 0 Å². The van der Waals surface area contributed by atoms with Gasteiger partial charge in [0.1, 0.15) is 17.2 Å². The fourth-order valence-corrected chi connectivity index (χ4v) is 5.11. The number of nitrogens with zero attached hydrogens (tertiary/aromatic N) is 1. The van der Waals surface area contributed by atoms with Crippen LogP contribution in [0.4, 0.5) is 22.4 Å². The molecule has 204 valence electrons. The Morgan fingerprint density at radius 2 is 1.74 bits per heavy atom. The molecule has 1 aliphatic rings. The molecule has 0 saturated heterocycles. The van der Waals surface area contributed by atoms with E-state index < -0.39 is 53.5 Å². The van der Waals surface area contributed by atoms with E-state index in [0.717, 1.165) is 16.7 Å². The van der Waals surface area contributed by atoms with Gasteiger partial charge in [-0.25, -0.2) is 18.5 Å². The van der Waals surface area contributed by atoms with Gasteiger partial charge >= 0.3 is 18.2 Å². The van der Waals surface area contributed by atoms with E-state index in [-0.39, 0.29) is 33.5 Å². The molecule has 0 amide bonds. The van der Waals surface area contributed by atoms with Gasteiger partial charge in [-0.05, 0) is 50.5 Å². The molecule has 10 heteroatoms. The highest BCUT2D eigenvalue weighted by Gasteiger charge is 2.63. The van der Waals surface area contributed by atoms with Crippen LogP contribution in [-0.4, -0.2) is 41.1 Å². The Bertz CT molecular complexity index is 1420. The number of hydrogen-bond donors (Lipinski definition) is 0. The summed E-state index contributed by atoms with van der Waals surface area (Å²) in [6.07, 6.45) is -7.55. The van der Waals surface area contributed by atoms with Crippen molar-refractivity contribution in [3.05, 3.63) is 65.1 Å². The summed E-state index contributed by atoms with van der Waals surface area (Å²) in [5, 5.41) is 0.278. The number of carbonyl (C=O) groups excluding carboxylic acids is 2. The molecule has 0 radical (unpaired) electrons. The number of halogens is 4. The molecule has 0 aliphatic carbocycles. The quantitative estimate of drug-likeness (QED) is 0.267. The number of hydrogen-bond acceptors (Lipinski definition) is 5. The first-order valence-corrected chi connectivity index (χ1v) is 12.0. The summed E-state index contributed by atoms with van der Waals surface area (Å²) in [6, 6.07) is 9.87. The van der Waals surface area contributed by atoms with Crippen LogP contribution >= 0.6 is 0 Å². The minimum atomic E-state index is -5.03. The van der Waals surface area contributed by atoms with Crippen molar-refractivity contribution in [1.29, 1.82) is 0 Å². The number of alkyl halides is 3. The third-order valence-electron chi connectivity index (χ3n) is 6.63. The van der Waals surface area contributed by atoms with Crippen LogP contribution in [0, 0.1) is 5.82 Å². The number of rotatable bonds is 4. The van der Waals surface area contributed by atoms with Crippen LogP contribution < -0.4 is 4.74 Å². The van der Waals surface area contributed by atoms with Crippen molar-refractivity contribution >= 4 is 23.0 Å². The van der Waals surface area contributed by atoms with E-state index >= 15 is 0 Å². The van der Waals surface area contributed by atoms with E-state index in [1.165, 1.54) is 33.1 Å². The summed E-state index contributed by atoms with van der Waals surface area (Å²) in [6.45, 7) is 7.87. The fraction of sp³-hybridized carbons (Fsp3) is 0.429. The summed E-state index contributed by atoms with van der Waals surface area (Å²) in [4.78, 5) is 26.6. The predicted molar refractivity (Wildman–Crippen MR) is 132 cm³/mol. The van der Waals surface area contributed by atoms with Gasteiger partial charge in [-0.15, -0.1) is 0 Å². The molecule has 0 N–H and O–H groups in total. The lowest BCUT2D eigenvalue weighted by molar-refractivity contribution is -0.267. The highest BCUT2D eigenvalue weighted by Crippen LogP contribution is 2.50. The molecule has 1 aliphatic heterocycles. The first kappa shape index (κ1) is 27.5. The van der Waals surface area contributed by atoms with Gasteiger partial charge in [0.15, 0.2) is 0 Å². The second-order valence-corrected chi connectivity index (χ2v) is 11.1. The van der Waals surface area contributed by atoms with Crippen LogP contribution in [0.15, 0.2) is 42.5 Å². The molecule has 0 fully saturated rings. The van der Waals surface area contributed by atoms with Crippen LogP contribution in [0.3, 0.4) is 0 Å². The minimum Gasteiger partial charge on any atom is -0.496 e.